The lowest BCUT2D eigenvalue weighted by Crippen LogP contribution is -1.93. The molecule has 0 fully saturated rings. The molecule has 3 heterocycles. The van der Waals surface area contributed by atoms with Crippen LogP contribution in [0.15, 0.2) is 36.7 Å². The average molecular weight is 431 g/mol. The van der Waals surface area contributed by atoms with E-state index in [1.54, 1.807) is 18.2 Å². The molecule has 0 bridgehead atoms. The molecule has 0 aliphatic rings. The molecular formula is C18H9Cl2FN6S. The summed E-state index contributed by atoms with van der Waals surface area (Å²) >= 11 is 13.7. The second-order valence-corrected chi connectivity index (χ2v) is 7.52. The van der Waals surface area contributed by atoms with Crippen LogP contribution in [-0.4, -0.2) is 20.2 Å². The van der Waals surface area contributed by atoms with Gasteiger partial charge in [-0.1, -0.05) is 29.3 Å². The molecule has 0 atom stereocenters. The summed E-state index contributed by atoms with van der Waals surface area (Å²) in [5.41, 5.74) is 7.60. The van der Waals surface area contributed by atoms with Crippen molar-refractivity contribution in [3.05, 3.63) is 64.1 Å². The first-order valence-corrected chi connectivity index (χ1v) is 9.34. The summed E-state index contributed by atoms with van der Waals surface area (Å²) in [4.78, 5) is 12.6. The summed E-state index contributed by atoms with van der Waals surface area (Å²) in [6, 6.07) is 7.75. The molecule has 0 saturated heterocycles. The Labute approximate surface area is 172 Å². The number of H-pyrrole nitrogens is 1. The van der Waals surface area contributed by atoms with E-state index in [4.69, 9.17) is 35.5 Å². The van der Waals surface area contributed by atoms with Gasteiger partial charge in [-0.25, -0.2) is 14.8 Å². The summed E-state index contributed by atoms with van der Waals surface area (Å²) in [5.74, 6) is -0.247. The molecule has 6 nitrogen and oxygen atoms in total. The van der Waals surface area contributed by atoms with Crippen LogP contribution in [0.3, 0.4) is 0 Å². The van der Waals surface area contributed by atoms with Crippen molar-refractivity contribution in [2.75, 3.05) is 5.73 Å². The number of hydrogen-bond acceptors (Lipinski definition) is 5. The highest BCUT2D eigenvalue weighted by molar-refractivity contribution is 7.20. The molecule has 4 rings (SSSR count). The highest BCUT2D eigenvalue weighted by atomic mass is 35.5. The number of anilines is 1. The number of aromatic nitrogens is 4. The van der Waals surface area contributed by atoms with Crippen LogP contribution in [0, 0.1) is 12.5 Å². The lowest BCUT2D eigenvalue weighted by Gasteiger charge is -2.07. The number of nitrogens with zero attached hydrogens (tertiary/aromatic N) is 4. The van der Waals surface area contributed by atoms with Gasteiger partial charge in [0.2, 0.25) is 11.6 Å². The minimum Gasteiger partial charge on any atom is -0.384 e. The van der Waals surface area contributed by atoms with E-state index in [9.17, 15) is 4.39 Å². The first-order chi connectivity index (χ1) is 13.5. The molecule has 0 aliphatic heterocycles. The maximum absolute atomic E-state index is 13.8. The number of nitrogen functional groups attached to an aromatic ring is 1. The first kappa shape index (κ1) is 18.4. The van der Waals surface area contributed by atoms with E-state index in [-0.39, 0.29) is 5.82 Å². The molecular weight excluding hydrogens is 422 g/mol. The summed E-state index contributed by atoms with van der Waals surface area (Å²) < 4.78 is 13.8. The van der Waals surface area contributed by atoms with Crippen molar-refractivity contribution < 1.29 is 4.39 Å². The normalized spacial score (nSPS) is 10.8. The lowest BCUT2D eigenvalue weighted by atomic mass is 10.0. The average Bonchev–Trinajstić information content (AvgIpc) is 3.28. The number of aromatic amines is 1. The number of pyridine rings is 1. The summed E-state index contributed by atoms with van der Waals surface area (Å²) in [6.45, 7) is 7.76. The van der Waals surface area contributed by atoms with Crippen molar-refractivity contribution in [1.82, 2.24) is 20.2 Å². The van der Waals surface area contributed by atoms with Crippen LogP contribution in [0.25, 0.3) is 37.1 Å². The van der Waals surface area contributed by atoms with Crippen LogP contribution in [0.5, 0.6) is 0 Å². The highest BCUT2D eigenvalue weighted by Gasteiger charge is 2.25. The number of rotatable bonds is 3. The molecule has 10 heteroatoms. The Bertz CT molecular complexity index is 1210. The summed E-state index contributed by atoms with van der Waals surface area (Å²) in [5, 5.41) is 7.53. The monoisotopic (exact) mass is 430 g/mol. The van der Waals surface area contributed by atoms with Gasteiger partial charge in [-0.05, 0) is 29.3 Å². The van der Waals surface area contributed by atoms with E-state index in [1.807, 2.05) is 0 Å². The molecule has 0 unspecified atom stereocenters. The van der Waals surface area contributed by atoms with Crippen LogP contribution >= 0.6 is 34.5 Å². The zero-order chi connectivity index (χ0) is 19.8. The quantitative estimate of drug-likeness (QED) is 0.315. The zero-order valence-electron chi connectivity index (χ0n) is 13.9. The maximum Gasteiger partial charge on any atom is 0.215 e. The number of thiophene rings is 1. The van der Waals surface area contributed by atoms with E-state index < -0.39 is 5.95 Å². The molecule has 3 N–H and O–H groups in total. The maximum atomic E-state index is 13.8. The fourth-order valence-corrected chi connectivity index (χ4v) is 4.49. The second kappa shape index (κ2) is 7.20. The van der Waals surface area contributed by atoms with Crippen molar-refractivity contribution in [1.29, 1.82) is 0 Å². The van der Waals surface area contributed by atoms with Crippen molar-refractivity contribution in [2.45, 2.75) is 0 Å². The third kappa shape index (κ3) is 3.20. The Kier molecular flexibility index (Phi) is 4.73. The Morgan fingerprint density at radius 2 is 2.00 bits per heavy atom. The molecule has 0 amide bonds. The van der Waals surface area contributed by atoms with Gasteiger partial charge in [-0.2, -0.15) is 9.49 Å². The number of benzene rings is 1. The molecule has 1 aromatic carbocycles. The third-order valence-electron chi connectivity index (χ3n) is 3.90. The lowest BCUT2D eigenvalue weighted by molar-refractivity contribution is 0.586. The molecule has 0 saturated carbocycles. The van der Waals surface area contributed by atoms with Crippen molar-refractivity contribution in [3.63, 3.8) is 0 Å². The molecule has 0 radical (unpaired) electrons. The standard InChI is InChI=1S/C18H9Cl2FN6S/c1-23-15-14(10-3-2-9(19)6-11(10)20)17(18-24-7-25-27-18)28-16(15)8-4-12(21)26-13(22)5-8/h2-7H,(H2,22,26)(H,24,25,27). The van der Waals surface area contributed by atoms with E-state index in [0.717, 1.165) is 0 Å². The van der Waals surface area contributed by atoms with E-state index in [2.05, 4.69) is 25.0 Å². The van der Waals surface area contributed by atoms with Crippen LogP contribution in [-0.2, 0) is 0 Å². The molecule has 4 aromatic rings. The fraction of sp³-hybridized carbons (Fsp3) is 0. The number of nitrogens with two attached hydrogens (primary N) is 1. The minimum atomic E-state index is -0.730. The van der Waals surface area contributed by atoms with Crippen molar-refractivity contribution in [2.24, 2.45) is 0 Å². The predicted molar refractivity (Wildman–Crippen MR) is 109 cm³/mol. The van der Waals surface area contributed by atoms with Crippen molar-refractivity contribution in [3.8, 4) is 32.3 Å². The number of halogens is 3. The van der Waals surface area contributed by atoms with Gasteiger partial charge in [0.25, 0.3) is 0 Å². The molecule has 138 valence electrons. The molecule has 0 spiro atoms. The van der Waals surface area contributed by atoms with Gasteiger partial charge in [0.05, 0.1) is 11.4 Å². The Balaban J connectivity index is 2.06. The first-order valence-electron chi connectivity index (χ1n) is 7.76. The predicted octanol–water partition coefficient (Wildman–Crippen LogP) is 5.84. The van der Waals surface area contributed by atoms with Crippen LogP contribution < -0.4 is 5.73 Å². The van der Waals surface area contributed by atoms with Gasteiger partial charge < -0.3 is 5.73 Å². The minimum absolute atomic E-state index is 0.0200. The van der Waals surface area contributed by atoms with Crippen molar-refractivity contribution >= 4 is 46.0 Å². The van der Waals surface area contributed by atoms with Crippen LogP contribution in [0.1, 0.15) is 0 Å². The smallest absolute Gasteiger partial charge is 0.215 e. The van der Waals surface area contributed by atoms with Gasteiger partial charge in [-0.15, -0.1) is 11.3 Å². The summed E-state index contributed by atoms with van der Waals surface area (Å²) in [7, 11) is 0. The van der Waals surface area contributed by atoms with Gasteiger partial charge in [0.15, 0.2) is 5.82 Å². The van der Waals surface area contributed by atoms with Crippen LogP contribution in [0.2, 0.25) is 10.0 Å². The van der Waals surface area contributed by atoms with E-state index >= 15 is 0 Å². The van der Waals surface area contributed by atoms with Gasteiger partial charge >= 0.3 is 0 Å². The largest absolute Gasteiger partial charge is 0.384 e. The van der Waals surface area contributed by atoms with Gasteiger partial charge in [0.1, 0.15) is 12.1 Å². The second-order valence-electron chi connectivity index (χ2n) is 5.66. The Morgan fingerprint density at radius 1 is 1.18 bits per heavy atom. The Hall–Kier alpha value is -2.99. The SMILES string of the molecule is [C-]#[N+]c1c(-c2cc(N)nc(F)c2)sc(-c2ncn[nH]2)c1-c1ccc(Cl)cc1Cl. The fourth-order valence-electron chi connectivity index (χ4n) is 2.80. The topological polar surface area (TPSA) is 84.8 Å². The number of nitrogens with one attached hydrogen (secondary N) is 1. The van der Waals surface area contributed by atoms with E-state index in [0.29, 0.717) is 48.0 Å². The summed E-state index contributed by atoms with van der Waals surface area (Å²) in [6.07, 6.45) is 1.36. The van der Waals surface area contributed by atoms with Gasteiger partial charge in [0, 0.05) is 26.6 Å². The number of hydrogen-bond donors (Lipinski definition) is 2. The highest BCUT2D eigenvalue weighted by Crippen LogP contribution is 2.53. The molecule has 28 heavy (non-hydrogen) atoms. The van der Waals surface area contributed by atoms with E-state index in [1.165, 1.54) is 29.8 Å². The zero-order valence-corrected chi connectivity index (χ0v) is 16.2. The molecule has 3 aromatic heterocycles. The van der Waals surface area contributed by atoms with Crippen LogP contribution in [0.4, 0.5) is 15.9 Å². The van der Waals surface area contributed by atoms with Gasteiger partial charge in [-0.3, -0.25) is 5.10 Å². The molecule has 0 aliphatic carbocycles. The Morgan fingerprint density at radius 3 is 2.64 bits per heavy atom. The third-order valence-corrected chi connectivity index (χ3v) is 5.68.